The lowest BCUT2D eigenvalue weighted by atomic mass is 10.2. The Balaban J connectivity index is 1.82. The molecule has 0 unspecified atom stereocenters. The van der Waals surface area contributed by atoms with Crippen LogP contribution >= 0.6 is 0 Å². The quantitative estimate of drug-likeness (QED) is 0.569. The zero-order valence-corrected chi connectivity index (χ0v) is 15.4. The molecule has 0 spiro atoms. The molecule has 8 nitrogen and oxygen atoms in total. The predicted octanol–water partition coefficient (Wildman–Crippen LogP) is 2.25. The first-order valence-corrected chi connectivity index (χ1v) is 9.60. The molecule has 0 amide bonds. The van der Waals surface area contributed by atoms with Crippen molar-refractivity contribution in [1.29, 1.82) is 0 Å². The molecule has 10 heteroatoms. The Morgan fingerprint density at radius 1 is 1.07 bits per heavy atom. The SMILES string of the molecule is COc1ccc([N+](=O)[O-])cc1S(=O)(=O)N1CCN(c2ccc(F)cc2)CC1. The van der Waals surface area contributed by atoms with Crippen LogP contribution in [-0.4, -0.2) is 50.9 Å². The number of rotatable bonds is 5. The van der Waals surface area contributed by atoms with E-state index in [1.807, 2.05) is 4.90 Å². The topological polar surface area (TPSA) is 93.0 Å². The molecule has 0 aliphatic carbocycles. The van der Waals surface area contributed by atoms with Crippen molar-refractivity contribution >= 4 is 21.4 Å². The van der Waals surface area contributed by atoms with Crippen molar-refractivity contribution in [2.45, 2.75) is 4.90 Å². The van der Waals surface area contributed by atoms with E-state index in [1.165, 1.54) is 35.7 Å². The van der Waals surface area contributed by atoms with E-state index in [1.54, 1.807) is 12.1 Å². The molecule has 0 bridgehead atoms. The highest BCUT2D eigenvalue weighted by atomic mass is 32.2. The number of nitrogens with zero attached hydrogens (tertiary/aromatic N) is 3. The number of nitro benzene ring substituents is 1. The van der Waals surface area contributed by atoms with E-state index in [0.717, 1.165) is 11.8 Å². The zero-order chi connectivity index (χ0) is 19.6. The Labute approximate surface area is 156 Å². The maximum atomic E-state index is 13.1. The Hall–Kier alpha value is -2.72. The van der Waals surface area contributed by atoms with Crippen molar-refractivity contribution in [3.63, 3.8) is 0 Å². The van der Waals surface area contributed by atoms with Gasteiger partial charge in [-0.1, -0.05) is 0 Å². The number of methoxy groups -OCH3 is 1. The Kier molecular flexibility index (Phi) is 5.29. The first-order chi connectivity index (χ1) is 12.8. The van der Waals surface area contributed by atoms with Crippen molar-refractivity contribution in [2.24, 2.45) is 0 Å². The van der Waals surface area contributed by atoms with Gasteiger partial charge in [-0.2, -0.15) is 4.31 Å². The van der Waals surface area contributed by atoms with Gasteiger partial charge in [-0.25, -0.2) is 12.8 Å². The van der Waals surface area contributed by atoms with Crippen LogP contribution in [0.3, 0.4) is 0 Å². The van der Waals surface area contributed by atoms with Gasteiger partial charge in [0.2, 0.25) is 10.0 Å². The molecule has 0 aromatic heterocycles. The van der Waals surface area contributed by atoms with E-state index >= 15 is 0 Å². The highest BCUT2D eigenvalue weighted by Crippen LogP contribution is 2.31. The molecule has 144 valence electrons. The monoisotopic (exact) mass is 395 g/mol. The number of non-ortho nitro benzene ring substituents is 1. The summed E-state index contributed by atoms with van der Waals surface area (Å²) in [4.78, 5) is 12.1. The number of ether oxygens (including phenoxy) is 1. The maximum Gasteiger partial charge on any atom is 0.271 e. The van der Waals surface area contributed by atoms with Crippen molar-refractivity contribution in [1.82, 2.24) is 4.31 Å². The van der Waals surface area contributed by atoms with Gasteiger partial charge in [0.05, 0.1) is 12.0 Å². The first-order valence-electron chi connectivity index (χ1n) is 8.16. The number of nitro groups is 1. The Morgan fingerprint density at radius 2 is 1.70 bits per heavy atom. The average Bonchev–Trinajstić information content (AvgIpc) is 2.68. The lowest BCUT2D eigenvalue weighted by Crippen LogP contribution is -2.48. The summed E-state index contributed by atoms with van der Waals surface area (Å²) >= 11 is 0. The van der Waals surface area contributed by atoms with Gasteiger partial charge in [0, 0.05) is 44.0 Å². The summed E-state index contributed by atoms with van der Waals surface area (Å²) in [6.45, 7) is 1.24. The van der Waals surface area contributed by atoms with Crippen molar-refractivity contribution in [3.8, 4) is 5.75 Å². The standard InChI is InChI=1S/C17H18FN3O5S/c1-26-16-7-6-15(21(22)23)12-17(16)27(24,25)20-10-8-19(9-11-20)14-4-2-13(18)3-5-14/h2-7,12H,8-11H2,1H3. The number of benzene rings is 2. The van der Waals surface area contributed by atoms with Gasteiger partial charge in [0.25, 0.3) is 5.69 Å². The van der Waals surface area contributed by atoms with E-state index in [0.29, 0.717) is 13.1 Å². The van der Waals surface area contributed by atoms with Gasteiger partial charge in [-0.15, -0.1) is 0 Å². The molecule has 0 saturated carbocycles. The fourth-order valence-corrected chi connectivity index (χ4v) is 4.56. The largest absolute Gasteiger partial charge is 0.495 e. The molecule has 0 radical (unpaired) electrons. The van der Waals surface area contributed by atoms with E-state index in [-0.39, 0.29) is 35.2 Å². The molecule has 0 atom stereocenters. The van der Waals surface area contributed by atoms with Crippen LogP contribution in [0.4, 0.5) is 15.8 Å². The van der Waals surface area contributed by atoms with Crippen LogP contribution in [0.5, 0.6) is 5.75 Å². The number of hydrogen-bond donors (Lipinski definition) is 0. The van der Waals surface area contributed by atoms with Crippen molar-refractivity contribution < 1.29 is 22.5 Å². The van der Waals surface area contributed by atoms with Gasteiger partial charge < -0.3 is 9.64 Å². The number of piperazine rings is 1. The highest BCUT2D eigenvalue weighted by molar-refractivity contribution is 7.89. The molecule has 0 N–H and O–H groups in total. The Morgan fingerprint density at radius 3 is 2.26 bits per heavy atom. The summed E-state index contributed by atoms with van der Waals surface area (Å²) in [5.74, 6) is -0.278. The van der Waals surface area contributed by atoms with Crippen LogP contribution < -0.4 is 9.64 Å². The summed E-state index contributed by atoms with van der Waals surface area (Å²) in [7, 11) is -2.64. The maximum absolute atomic E-state index is 13.1. The smallest absolute Gasteiger partial charge is 0.271 e. The summed E-state index contributed by atoms with van der Waals surface area (Å²) < 4.78 is 45.4. The molecule has 2 aromatic rings. The number of anilines is 1. The van der Waals surface area contributed by atoms with E-state index < -0.39 is 14.9 Å². The van der Waals surface area contributed by atoms with Gasteiger partial charge in [0.15, 0.2) is 0 Å². The fourth-order valence-electron chi connectivity index (χ4n) is 2.96. The predicted molar refractivity (Wildman–Crippen MR) is 97.0 cm³/mol. The summed E-state index contributed by atoms with van der Waals surface area (Å²) in [6, 6.07) is 9.48. The van der Waals surface area contributed by atoms with E-state index in [2.05, 4.69) is 0 Å². The molecule has 1 fully saturated rings. The van der Waals surface area contributed by atoms with E-state index in [4.69, 9.17) is 4.74 Å². The fraction of sp³-hybridized carbons (Fsp3) is 0.294. The molecular weight excluding hydrogens is 377 g/mol. The van der Waals surface area contributed by atoms with Crippen LogP contribution in [0.2, 0.25) is 0 Å². The van der Waals surface area contributed by atoms with Crippen LogP contribution in [-0.2, 0) is 10.0 Å². The van der Waals surface area contributed by atoms with Gasteiger partial charge in [0.1, 0.15) is 16.5 Å². The van der Waals surface area contributed by atoms with Crippen LogP contribution in [0.1, 0.15) is 0 Å². The molecule has 27 heavy (non-hydrogen) atoms. The highest BCUT2D eigenvalue weighted by Gasteiger charge is 2.32. The van der Waals surface area contributed by atoms with Gasteiger partial charge >= 0.3 is 0 Å². The molecule has 1 heterocycles. The molecule has 1 aliphatic heterocycles. The van der Waals surface area contributed by atoms with Gasteiger partial charge in [-0.05, 0) is 30.3 Å². The normalized spacial score (nSPS) is 15.6. The van der Waals surface area contributed by atoms with Crippen LogP contribution in [0.25, 0.3) is 0 Å². The van der Waals surface area contributed by atoms with Crippen molar-refractivity contribution in [2.75, 3.05) is 38.2 Å². The molecule has 2 aromatic carbocycles. The van der Waals surface area contributed by atoms with Crippen LogP contribution in [0, 0.1) is 15.9 Å². The number of halogens is 1. The Bertz CT molecular complexity index is 942. The second-order valence-electron chi connectivity index (χ2n) is 5.96. The average molecular weight is 395 g/mol. The minimum atomic E-state index is -3.96. The third-order valence-electron chi connectivity index (χ3n) is 4.41. The zero-order valence-electron chi connectivity index (χ0n) is 14.5. The molecule has 3 rings (SSSR count). The summed E-state index contributed by atoms with van der Waals surface area (Å²) in [6.07, 6.45) is 0. The van der Waals surface area contributed by atoms with Crippen molar-refractivity contribution in [3.05, 3.63) is 58.4 Å². The second-order valence-corrected chi connectivity index (χ2v) is 7.87. The number of sulfonamides is 1. The molecule has 1 aliphatic rings. The lowest BCUT2D eigenvalue weighted by molar-refractivity contribution is -0.385. The van der Waals surface area contributed by atoms with Crippen LogP contribution in [0.15, 0.2) is 47.4 Å². The summed E-state index contributed by atoms with van der Waals surface area (Å²) in [5, 5.41) is 11.0. The third-order valence-corrected chi connectivity index (χ3v) is 6.33. The number of hydrogen-bond acceptors (Lipinski definition) is 6. The summed E-state index contributed by atoms with van der Waals surface area (Å²) in [5.41, 5.74) is 0.487. The van der Waals surface area contributed by atoms with Gasteiger partial charge in [-0.3, -0.25) is 10.1 Å². The second kappa shape index (κ2) is 7.49. The first kappa shape index (κ1) is 19.1. The van der Waals surface area contributed by atoms with E-state index in [9.17, 15) is 22.9 Å². The molecular formula is C17H18FN3O5S. The minimum absolute atomic E-state index is 0.0570. The lowest BCUT2D eigenvalue weighted by Gasteiger charge is -2.35. The molecule has 1 saturated heterocycles. The third kappa shape index (κ3) is 3.86. The minimum Gasteiger partial charge on any atom is -0.495 e.